The first-order chi connectivity index (χ1) is 9.48. The lowest BCUT2D eigenvalue weighted by atomic mass is 10.3. The minimum Gasteiger partial charge on any atom is -0.395 e. The molecule has 110 valence electrons. The molecule has 0 saturated heterocycles. The molecule has 0 unspecified atom stereocenters. The van der Waals surface area contributed by atoms with Crippen molar-refractivity contribution in [1.82, 2.24) is 14.3 Å². The lowest BCUT2D eigenvalue weighted by Crippen LogP contribution is -2.35. The van der Waals surface area contributed by atoms with Crippen LogP contribution in [-0.4, -0.2) is 59.2 Å². The van der Waals surface area contributed by atoms with Crippen LogP contribution in [0.5, 0.6) is 0 Å². The molecule has 20 heavy (non-hydrogen) atoms. The number of aliphatic hydroxyl groups excluding tert-OH is 2. The summed E-state index contributed by atoms with van der Waals surface area (Å²) >= 11 is 0. The smallest absolute Gasteiger partial charge is 0.323 e. The molecule has 0 aliphatic heterocycles. The van der Waals surface area contributed by atoms with E-state index < -0.39 is 15.7 Å². The summed E-state index contributed by atoms with van der Waals surface area (Å²) in [5, 5.41) is 17.8. The Balaban J connectivity index is 2.46. The first kappa shape index (κ1) is 14.7. The maximum Gasteiger partial charge on any atom is 0.323 e. The van der Waals surface area contributed by atoms with Gasteiger partial charge in [-0.1, -0.05) is 0 Å². The van der Waals surface area contributed by atoms with Gasteiger partial charge in [-0.25, -0.2) is 13.2 Å². The Morgan fingerprint density at radius 2 is 1.65 bits per heavy atom. The molecule has 2 aromatic rings. The van der Waals surface area contributed by atoms with E-state index in [-0.39, 0.29) is 31.2 Å². The monoisotopic (exact) mass is 301 g/mol. The molecule has 0 aliphatic carbocycles. The summed E-state index contributed by atoms with van der Waals surface area (Å²) in [4.78, 5) is 16.1. The Bertz CT molecular complexity index is 743. The first-order valence-corrected chi connectivity index (χ1v) is 7.37. The van der Waals surface area contributed by atoms with Crippen LogP contribution in [-0.2, 0) is 10.0 Å². The van der Waals surface area contributed by atoms with Crippen molar-refractivity contribution in [3.63, 3.8) is 0 Å². The van der Waals surface area contributed by atoms with E-state index in [0.29, 0.717) is 11.0 Å². The van der Waals surface area contributed by atoms with Crippen molar-refractivity contribution in [2.75, 3.05) is 26.3 Å². The third-order valence-corrected chi connectivity index (χ3v) is 4.72. The zero-order valence-electron chi connectivity index (χ0n) is 10.5. The van der Waals surface area contributed by atoms with Crippen molar-refractivity contribution < 1.29 is 18.6 Å². The largest absolute Gasteiger partial charge is 0.395 e. The highest BCUT2D eigenvalue weighted by Crippen LogP contribution is 2.19. The number of hydrogen-bond donors (Lipinski definition) is 4. The summed E-state index contributed by atoms with van der Waals surface area (Å²) in [5.41, 5.74) is 0.464. The van der Waals surface area contributed by atoms with E-state index in [1.165, 1.54) is 18.2 Å². The molecule has 0 fully saturated rings. The van der Waals surface area contributed by atoms with Crippen LogP contribution in [0.25, 0.3) is 11.0 Å². The topological polar surface area (TPSA) is 126 Å². The lowest BCUT2D eigenvalue weighted by molar-refractivity contribution is 0.217. The molecule has 9 heteroatoms. The Morgan fingerprint density at radius 3 is 2.25 bits per heavy atom. The van der Waals surface area contributed by atoms with Crippen molar-refractivity contribution in [3.8, 4) is 0 Å². The van der Waals surface area contributed by atoms with Crippen molar-refractivity contribution >= 4 is 21.1 Å². The zero-order valence-corrected chi connectivity index (χ0v) is 11.4. The third-order valence-electron chi connectivity index (χ3n) is 2.82. The van der Waals surface area contributed by atoms with E-state index in [1.54, 1.807) is 0 Å². The molecular weight excluding hydrogens is 286 g/mol. The quantitative estimate of drug-likeness (QED) is 0.535. The number of sulfonamides is 1. The minimum atomic E-state index is -3.83. The standard InChI is InChI=1S/C11H15N3O5S/c15-5-3-14(4-6-16)20(18,19)8-1-2-9-10(7-8)13-11(17)12-9/h1-2,7,15-16H,3-6H2,(H2,12,13,17). The number of fused-ring (bicyclic) bond motifs is 1. The Hall–Kier alpha value is -1.68. The molecule has 0 radical (unpaired) electrons. The summed E-state index contributed by atoms with van der Waals surface area (Å²) in [6, 6.07) is 4.18. The molecule has 2 rings (SSSR count). The summed E-state index contributed by atoms with van der Waals surface area (Å²) in [7, 11) is -3.83. The van der Waals surface area contributed by atoms with Gasteiger partial charge in [0.2, 0.25) is 10.0 Å². The maximum absolute atomic E-state index is 12.4. The van der Waals surface area contributed by atoms with E-state index in [9.17, 15) is 13.2 Å². The molecule has 4 N–H and O–H groups in total. The van der Waals surface area contributed by atoms with Crippen LogP contribution >= 0.6 is 0 Å². The van der Waals surface area contributed by atoms with Crippen LogP contribution in [0, 0.1) is 0 Å². The normalized spacial score (nSPS) is 12.3. The van der Waals surface area contributed by atoms with Gasteiger partial charge in [-0.2, -0.15) is 4.31 Å². The van der Waals surface area contributed by atoms with E-state index >= 15 is 0 Å². The fraction of sp³-hybridized carbons (Fsp3) is 0.364. The molecular formula is C11H15N3O5S. The van der Waals surface area contributed by atoms with E-state index in [1.807, 2.05) is 0 Å². The highest BCUT2D eigenvalue weighted by Gasteiger charge is 2.24. The van der Waals surface area contributed by atoms with Gasteiger partial charge in [0.25, 0.3) is 0 Å². The molecule has 0 aliphatic rings. The van der Waals surface area contributed by atoms with Crippen LogP contribution in [0.4, 0.5) is 0 Å². The van der Waals surface area contributed by atoms with E-state index in [0.717, 1.165) is 4.31 Å². The van der Waals surface area contributed by atoms with Gasteiger partial charge in [-0.05, 0) is 18.2 Å². The molecule has 0 bridgehead atoms. The Labute approximate surface area is 114 Å². The summed E-state index contributed by atoms with van der Waals surface area (Å²) < 4.78 is 25.7. The average molecular weight is 301 g/mol. The highest BCUT2D eigenvalue weighted by atomic mass is 32.2. The van der Waals surface area contributed by atoms with Crippen LogP contribution in [0.3, 0.4) is 0 Å². The molecule has 0 saturated carbocycles. The second-order valence-corrected chi connectivity index (χ2v) is 6.08. The van der Waals surface area contributed by atoms with Gasteiger partial charge in [0.05, 0.1) is 29.1 Å². The fourth-order valence-electron chi connectivity index (χ4n) is 1.90. The zero-order chi connectivity index (χ0) is 14.8. The molecule has 0 spiro atoms. The van der Waals surface area contributed by atoms with Gasteiger partial charge in [-0.15, -0.1) is 0 Å². The van der Waals surface area contributed by atoms with Crippen molar-refractivity contribution in [1.29, 1.82) is 0 Å². The van der Waals surface area contributed by atoms with Crippen molar-refractivity contribution in [2.45, 2.75) is 4.90 Å². The number of imidazole rings is 1. The number of aromatic amines is 2. The van der Waals surface area contributed by atoms with Crippen LogP contribution < -0.4 is 5.69 Å². The number of hydrogen-bond acceptors (Lipinski definition) is 5. The molecule has 8 nitrogen and oxygen atoms in total. The summed E-state index contributed by atoms with van der Waals surface area (Å²) in [6.07, 6.45) is 0. The van der Waals surface area contributed by atoms with E-state index in [2.05, 4.69) is 9.97 Å². The van der Waals surface area contributed by atoms with Crippen molar-refractivity contribution in [3.05, 3.63) is 28.7 Å². The SMILES string of the molecule is O=c1[nH]c2ccc(S(=O)(=O)N(CCO)CCO)cc2[nH]1. The number of nitrogens with one attached hydrogen (secondary N) is 2. The molecule has 0 amide bonds. The predicted octanol–water partition coefficient (Wildman–Crippen LogP) is -1.17. The number of benzene rings is 1. The Morgan fingerprint density at radius 1 is 1.05 bits per heavy atom. The third kappa shape index (κ3) is 2.75. The molecule has 1 aromatic carbocycles. The number of rotatable bonds is 6. The van der Waals surface area contributed by atoms with Gasteiger partial charge in [-0.3, -0.25) is 0 Å². The average Bonchev–Trinajstić information content (AvgIpc) is 2.77. The number of H-pyrrole nitrogens is 2. The van der Waals surface area contributed by atoms with Gasteiger partial charge in [0.15, 0.2) is 0 Å². The predicted molar refractivity (Wildman–Crippen MR) is 71.8 cm³/mol. The van der Waals surface area contributed by atoms with Crippen LogP contribution in [0.15, 0.2) is 27.9 Å². The molecule has 1 heterocycles. The summed E-state index contributed by atoms with van der Waals surface area (Å²) in [6.45, 7) is -0.903. The fourth-order valence-corrected chi connectivity index (χ4v) is 3.35. The van der Waals surface area contributed by atoms with Gasteiger partial charge in [0.1, 0.15) is 0 Å². The number of aromatic nitrogens is 2. The van der Waals surface area contributed by atoms with E-state index in [4.69, 9.17) is 10.2 Å². The lowest BCUT2D eigenvalue weighted by Gasteiger charge is -2.20. The highest BCUT2D eigenvalue weighted by molar-refractivity contribution is 7.89. The maximum atomic E-state index is 12.4. The van der Waals surface area contributed by atoms with Gasteiger partial charge < -0.3 is 20.2 Å². The second-order valence-electron chi connectivity index (χ2n) is 4.14. The molecule has 0 atom stereocenters. The number of aliphatic hydroxyl groups is 2. The van der Waals surface area contributed by atoms with Crippen LogP contribution in [0.1, 0.15) is 0 Å². The minimum absolute atomic E-state index is 0.0119. The first-order valence-electron chi connectivity index (χ1n) is 5.93. The Kier molecular flexibility index (Phi) is 4.23. The molecule has 1 aromatic heterocycles. The van der Waals surface area contributed by atoms with Crippen molar-refractivity contribution in [2.24, 2.45) is 0 Å². The summed E-state index contributed by atoms with van der Waals surface area (Å²) in [5.74, 6) is 0. The number of nitrogens with zero attached hydrogens (tertiary/aromatic N) is 1. The second kappa shape index (κ2) is 5.75. The van der Waals surface area contributed by atoms with Crippen LogP contribution in [0.2, 0.25) is 0 Å². The van der Waals surface area contributed by atoms with Gasteiger partial charge in [0, 0.05) is 13.1 Å². The van der Waals surface area contributed by atoms with Gasteiger partial charge >= 0.3 is 5.69 Å².